The Balaban J connectivity index is 1.78. The van der Waals surface area contributed by atoms with Crippen molar-refractivity contribution in [2.24, 2.45) is 0 Å². The molecule has 0 amide bonds. The lowest BCUT2D eigenvalue weighted by Gasteiger charge is -2.32. The molecule has 0 N–H and O–H groups in total. The largest absolute Gasteiger partial charge is 0.505 e. The van der Waals surface area contributed by atoms with Gasteiger partial charge in [0.25, 0.3) is 0 Å². The molecule has 0 spiro atoms. The van der Waals surface area contributed by atoms with Crippen LogP contribution in [0.3, 0.4) is 0 Å². The molecule has 1 aromatic rings. The van der Waals surface area contributed by atoms with Crippen molar-refractivity contribution in [2.75, 3.05) is 0 Å². The fourth-order valence-electron chi connectivity index (χ4n) is 2.54. The first-order valence-electron chi connectivity index (χ1n) is 8.16. The van der Waals surface area contributed by atoms with Crippen molar-refractivity contribution in [3.63, 3.8) is 0 Å². The van der Waals surface area contributed by atoms with Crippen LogP contribution in [-0.2, 0) is 18.8 Å². The zero-order valence-corrected chi connectivity index (χ0v) is 16.2. The Bertz CT molecular complexity index is 523. The minimum absolute atomic E-state index is 0.327. The molecule has 0 atom stereocenters. The van der Waals surface area contributed by atoms with E-state index in [1.54, 1.807) is 11.3 Å². The molecule has 1 aromatic heterocycles. The predicted molar refractivity (Wildman–Crippen MR) is 93.1 cm³/mol. The summed E-state index contributed by atoms with van der Waals surface area (Å²) in [6.07, 6.45) is -0.332. The highest BCUT2D eigenvalue weighted by Crippen LogP contribution is 2.46. The highest BCUT2D eigenvalue weighted by Gasteiger charge is 2.53. The lowest BCUT2D eigenvalue weighted by Crippen LogP contribution is -2.41. The third-order valence-electron chi connectivity index (χ3n) is 5.62. The lowest BCUT2D eigenvalue weighted by molar-refractivity contribution is -0.0871. The van der Waals surface area contributed by atoms with Crippen LogP contribution in [0.4, 0.5) is 0 Å². The maximum absolute atomic E-state index is 6.11. The second-order valence-electron chi connectivity index (χ2n) is 8.42. The average Bonchev–Trinajstić information content (AvgIpc) is 2.96. The summed E-state index contributed by atoms with van der Waals surface area (Å²) in [4.78, 5) is 1.05. The molecule has 4 nitrogen and oxygen atoms in total. The number of rotatable bonds is 2. The van der Waals surface area contributed by atoms with Crippen LogP contribution in [-0.4, -0.2) is 29.5 Å². The van der Waals surface area contributed by atoms with E-state index in [2.05, 4.69) is 55.4 Å². The topological polar surface area (TPSA) is 36.9 Å². The molecule has 3 heterocycles. The predicted octanol–water partition coefficient (Wildman–Crippen LogP) is 3.65. The first kappa shape index (κ1) is 17.4. The summed E-state index contributed by atoms with van der Waals surface area (Å²) in [5.74, 6) is 0. The normalized spacial score (nSPS) is 28.4. The summed E-state index contributed by atoms with van der Waals surface area (Å²) in [5.41, 5.74) is -1.31. The minimum Gasteiger partial charge on any atom is -0.399 e. The van der Waals surface area contributed by atoms with Crippen molar-refractivity contribution in [3.05, 3.63) is 17.0 Å². The molecule has 0 radical (unpaired) electrons. The zero-order chi connectivity index (χ0) is 17.3. The van der Waals surface area contributed by atoms with Gasteiger partial charge in [-0.2, -0.15) is 0 Å². The molecule has 128 valence electrons. The third-order valence-corrected chi connectivity index (χ3v) is 6.75. The molecule has 0 saturated carbocycles. The van der Waals surface area contributed by atoms with Gasteiger partial charge in [-0.25, -0.2) is 0 Å². The average molecular weight is 338 g/mol. The van der Waals surface area contributed by atoms with Crippen LogP contribution in [0.15, 0.2) is 12.1 Å². The molecule has 2 aliphatic rings. The van der Waals surface area contributed by atoms with E-state index < -0.39 is 0 Å². The Hall–Kier alpha value is -0.395. The molecular weight excluding hydrogens is 311 g/mol. The van der Waals surface area contributed by atoms with E-state index >= 15 is 0 Å². The van der Waals surface area contributed by atoms with Gasteiger partial charge in [-0.1, -0.05) is 6.07 Å². The Morgan fingerprint density at radius 3 is 1.74 bits per heavy atom. The van der Waals surface area contributed by atoms with Crippen LogP contribution in [0.25, 0.3) is 0 Å². The Morgan fingerprint density at radius 2 is 1.26 bits per heavy atom. The van der Waals surface area contributed by atoms with Crippen molar-refractivity contribution >= 4 is 23.2 Å². The maximum Gasteiger partial charge on any atom is 0.505 e. The summed E-state index contributed by atoms with van der Waals surface area (Å²) in [6.45, 7) is 16.5. The van der Waals surface area contributed by atoms with Gasteiger partial charge >= 0.3 is 7.12 Å². The quantitative estimate of drug-likeness (QED) is 0.772. The van der Waals surface area contributed by atoms with Crippen LogP contribution >= 0.6 is 11.3 Å². The Kier molecular flexibility index (Phi) is 3.83. The molecule has 0 aliphatic carbocycles. The zero-order valence-electron chi connectivity index (χ0n) is 15.4. The van der Waals surface area contributed by atoms with Crippen LogP contribution < -0.4 is 4.78 Å². The van der Waals surface area contributed by atoms with Gasteiger partial charge in [0.2, 0.25) is 0 Å². The van der Waals surface area contributed by atoms with Crippen LogP contribution in [0.1, 0.15) is 66.6 Å². The highest BCUT2D eigenvalue weighted by atomic mass is 32.1. The summed E-state index contributed by atoms with van der Waals surface area (Å²) in [6, 6.07) is 4.10. The first-order chi connectivity index (χ1) is 10.3. The molecular formula is C17H27BO4S. The SMILES string of the molecule is CC1(C)OB(c2ccc(C3OC(C)(C)C(C)(C)O3)s2)OC1(C)C. The molecule has 2 aliphatic heterocycles. The molecule has 2 fully saturated rings. The summed E-state index contributed by atoms with van der Waals surface area (Å²) in [7, 11) is -0.332. The van der Waals surface area contributed by atoms with E-state index in [0.717, 1.165) is 9.65 Å². The standard InChI is InChI=1S/C17H27BO4S/c1-14(2)15(3,4)20-13(19-14)11-9-10-12(23-11)18-21-16(5,6)17(7,8)22-18/h9-10,13H,1-8H3. The van der Waals surface area contributed by atoms with Gasteiger partial charge in [-0.05, 0) is 61.5 Å². The van der Waals surface area contributed by atoms with E-state index in [0.29, 0.717) is 0 Å². The van der Waals surface area contributed by atoms with Crippen LogP contribution in [0.2, 0.25) is 0 Å². The number of hydrogen-bond acceptors (Lipinski definition) is 5. The number of hydrogen-bond donors (Lipinski definition) is 0. The van der Waals surface area contributed by atoms with Gasteiger partial charge in [0.05, 0.1) is 27.3 Å². The van der Waals surface area contributed by atoms with Gasteiger partial charge in [-0.3, -0.25) is 0 Å². The van der Waals surface area contributed by atoms with Crippen molar-refractivity contribution < 1.29 is 18.8 Å². The van der Waals surface area contributed by atoms with Gasteiger partial charge in [0.15, 0.2) is 6.29 Å². The van der Waals surface area contributed by atoms with Crippen molar-refractivity contribution in [1.82, 2.24) is 0 Å². The Morgan fingerprint density at radius 1 is 0.783 bits per heavy atom. The van der Waals surface area contributed by atoms with Crippen LogP contribution in [0.5, 0.6) is 0 Å². The lowest BCUT2D eigenvalue weighted by atomic mass is 9.88. The number of thiophene rings is 1. The smallest absolute Gasteiger partial charge is 0.399 e. The minimum atomic E-state index is -0.332. The van der Waals surface area contributed by atoms with Gasteiger partial charge < -0.3 is 18.8 Å². The summed E-state index contributed by atoms with van der Waals surface area (Å²) >= 11 is 1.63. The summed E-state index contributed by atoms with van der Waals surface area (Å²) < 4.78 is 25.5. The van der Waals surface area contributed by atoms with Gasteiger partial charge in [0.1, 0.15) is 0 Å². The molecule has 6 heteroatoms. The molecule has 2 saturated heterocycles. The molecule has 0 aromatic carbocycles. The van der Waals surface area contributed by atoms with Crippen molar-refractivity contribution in [1.29, 1.82) is 0 Å². The Labute approximate surface area is 143 Å². The monoisotopic (exact) mass is 338 g/mol. The summed E-state index contributed by atoms with van der Waals surface area (Å²) in [5, 5.41) is 0. The molecule has 0 unspecified atom stereocenters. The molecule has 3 rings (SSSR count). The fourth-order valence-corrected chi connectivity index (χ4v) is 3.47. The van der Waals surface area contributed by atoms with E-state index in [1.807, 2.05) is 12.1 Å². The maximum atomic E-state index is 6.11. The van der Waals surface area contributed by atoms with Gasteiger partial charge in [-0.15, -0.1) is 11.3 Å². The highest BCUT2D eigenvalue weighted by molar-refractivity contribution is 7.22. The fraction of sp³-hybridized carbons (Fsp3) is 0.765. The molecule has 0 bridgehead atoms. The van der Waals surface area contributed by atoms with Crippen LogP contribution in [0, 0.1) is 0 Å². The van der Waals surface area contributed by atoms with E-state index in [4.69, 9.17) is 18.8 Å². The van der Waals surface area contributed by atoms with Gasteiger partial charge in [0, 0.05) is 4.78 Å². The van der Waals surface area contributed by atoms with Crippen molar-refractivity contribution in [3.8, 4) is 0 Å². The van der Waals surface area contributed by atoms with E-state index in [-0.39, 0.29) is 35.8 Å². The van der Waals surface area contributed by atoms with E-state index in [9.17, 15) is 0 Å². The number of ether oxygens (including phenoxy) is 2. The van der Waals surface area contributed by atoms with E-state index in [1.165, 1.54) is 0 Å². The molecule has 23 heavy (non-hydrogen) atoms. The first-order valence-corrected chi connectivity index (χ1v) is 8.97. The second-order valence-corrected chi connectivity index (χ2v) is 9.56. The second kappa shape index (κ2) is 5.05. The third kappa shape index (κ3) is 2.78. The van der Waals surface area contributed by atoms with Crippen molar-refractivity contribution in [2.45, 2.75) is 84.1 Å².